The predicted octanol–water partition coefficient (Wildman–Crippen LogP) is 2.52. The maximum Gasteiger partial charge on any atom is 0.417 e. The van der Waals surface area contributed by atoms with Gasteiger partial charge in [0.1, 0.15) is 0 Å². The zero-order valence-electron chi connectivity index (χ0n) is 12.2. The summed E-state index contributed by atoms with van der Waals surface area (Å²) >= 11 is 1.66. The summed E-state index contributed by atoms with van der Waals surface area (Å²) < 4.78 is 52.9. The number of aliphatic hydroxyl groups excluding tert-OH is 1. The van der Waals surface area contributed by atoms with Crippen molar-refractivity contribution in [3.05, 3.63) is 45.0 Å². The average molecular weight is 468 g/mol. The van der Waals surface area contributed by atoms with Crippen molar-refractivity contribution in [2.75, 3.05) is 5.32 Å². The number of carbonyl (C=O) groups is 1. The Hall–Kier alpha value is -2.20. The first-order valence-electron chi connectivity index (χ1n) is 6.59. The van der Waals surface area contributed by atoms with E-state index in [2.05, 4.69) is 10.4 Å². The lowest BCUT2D eigenvalue weighted by Crippen LogP contribution is -2.32. The molecule has 1 atom stereocenters. The predicted molar refractivity (Wildman–Crippen MR) is 85.7 cm³/mol. The second-order valence-electron chi connectivity index (χ2n) is 4.87. The largest absolute Gasteiger partial charge is 0.417 e. The number of rotatable bonds is 4. The molecular weight excluding hydrogens is 459 g/mol. The van der Waals surface area contributed by atoms with Crippen molar-refractivity contribution in [2.45, 2.75) is 18.8 Å². The number of aromatic nitrogens is 2. The van der Waals surface area contributed by atoms with Gasteiger partial charge in [-0.05, 0) is 34.7 Å². The molecule has 2 aromatic rings. The Morgan fingerprint density at radius 3 is 2.68 bits per heavy atom. The number of anilines is 1. The number of carbonyl (C=O) groups excluding carboxylic acids is 1. The molecule has 0 bridgehead atoms. The van der Waals surface area contributed by atoms with E-state index in [9.17, 15) is 27.5 Å². The Morgan fingerprint density at radius 2 is 2.16 bits per heavy atom. The number of hydrogen-bond acceptors (Lipinski definition) is 4. The van der Waals surface area contributed by atoms with Crippen LogP contribution in [0.15, 0.2) is 24.5 Å². The molecule has 0 spiro atoms. The van der Waals surface area contributed by atoms with E-state index >= 15 is 0 Å². The first kappa shape index (κ1) is 19.1. The molecular formula is C14H9F4IN4O2. The molecule has 0 aliphatic heterocycles. The Bertz CT molecular complexity index is 844. The summed E-state index contributed by atoms with van der Waals surface area (Å²) in [5.41, 5.74) is -1.99. The first-order chi connectivity index (χ1) is 11.6. The monoisotopic (exact) mass is 468 g/mol. The highest BCUT2D eigenvalue weighted by molar-refractivity contribution is 14.1. The van der Waals surface area contributed by atoms with Crippen molar-refractivity contribution in [1.29, 1.82) is 5.26 Å². The molecule has 0 fully saturated rings. The summed E-state index contributed by atoms with van der Waals surface area (Å²) in [6.45, 7) is -0.380. The van der Waals surface area contributed by atoms with Gasteiger partial charge in [-0.3, -0.25) is 9.48 Å². The second kappa shape index (κ2) is 7.36. The van der Waals surface area contributed by atoms with E-state index in [1.54, 1.807) is 22.6 Å². The van der Waals surface area contributed by atoms with Crippen molar-refractivity contribution in [3.63, 3.8) is 0 Å². The van der Waals surface area contributed by atoms with Crippen LogP contribution in [0.3, 0.4) is 0 Å². The number of aliphatic hydroxyl groups is 1. The van der Waals surface area contributed by atoms with Gasteiger partial charge in [-0.1, -0.05) is 0 Å². The average Bonchev–Trinajstić information content (AvgIpc) is 2.92. The highest BCUT2D eigenvalue weighted by atomic mass is 127. The molecule has 0 aliphatic carbocycles. The van der Waals surface area contributed by atoms with Crippen LogP contribution in [-0.4, -0.2) is 26.9 Å². The number of nitrogens with zero attached hydrogens (tertiary/aromatic N) is 3. The van der Waals surface area contributed by atoms with Crippen LogP contribution in [-0.2, 0) is 17.5 Å². The fraction of sp³-hybridized carbons (Fsp3) is 0.214. The number of hydrogen-bond donors (Lipinski definition) is 2. The number of halogens is 5. The van der Waals surface area contributed by atoms with Gasteiger partial charge in [-0.25, -0.2) is 4.39 Å². The van der Waals surface area contributed by atoms with E-state index in [0.29, 0.717) is 6.07 Å². The molecule has 0 aliphatic rings. The summed E-state index contributed by atoms with van der Waals surface area (Å²) in [6.07, 6.45) is -4.62. The molecule has 1 amide bonds. The fourth-order valence-corrected chi connectivity index (χ4v) is 2.51. The molecule has 2 N–H and O–H groups in total. The van der Waals surface area contributed by atoms with Crippen LogP contribution in [0.25, 0.3) is 0 Å². The lowest BCUT2D eigenvalue weighted by molar-refractivity contribution is -0.137. The molecule has 2 rings (SSSR count). The van der Waals surface area contributed by atoms with E-state index in [4.69, 9.17) is 5.26 Å². The normalized spacial score (nSPS) is 12.5. The number of amides is 1. The fourth-order valence-electron chi connectivity index (χ4n) is 1.91. The molecule has 0 unspecified atom stereocenters. The minimum Gasteiger partial charge on any atom is -0.381 e. The molecule has 0 radical (unpaired) electrons. The van der Waals surface area contributed by atoms with Crippen LogP contribution in [0.4, 0.5) is 23.2 Å². The standard InChI is InChI=1S/C14H9F4IN4O2/c15-8-4-21-23(5-8)6-12(24)13(25)22-11-2-9(14(16,17)18)7(3-20)1-10(11)19/h1-2,4-5,12,24H,6H2,(H,22,25)/t12-/m0/s1. The number of benzene rings is 1. The topological polar surface area (TPSA) is 90.9 Å². The summed E-state index contributed by atoms with van der Waals surface area (Å²) in [4.78, 5) is 11.9. The molecule has 6 nitrogen and oxygen atoms in total. The van der Waals surface area contributed by atoms with Gasteiger partial charge >= 0.3 is 6.18 Å². The summed E-state index contributed by atoms with van der Waals surface area (Å²) in [6, 6.07) is 3.05. The number of nitrogens with one attached hydrogen (secondary N) is 1. The van der Waals surface area contributed by atoms with E-state index < -0.39 is 35.1 Å². The van der Waals surface area contributed by atoms with E-state index in [1.165, 1.54) is 6.07 Å². The molecule has 0 saturated carbocycles. The molecule has 11 heteroatoms. The van der Waals surface area contributed by atoms with Crippen LogP contribution >= 0.6 is 22.6 Å². The van der Waals surface area contributed by atoms with Gasteiger partial charge in [0.15, 0.2) is 11.9 Å². The Balaban J connectivity index is 2.21. The molecule has 25 heavy (non-hydrogen) atoms. The first-order valence-corrected chi connectivity index (χ1v) is 7.67. The van der Waals surface area contributed by atoms with Crippen LogP contribution in [0, 0.1) is 20.7 Å². The molecule has 0 saturated heterocycles. The zero-order chi connectivity index (χ0) is 18.8. The van der Waals surface area contributed by atoms with E-state index in [-0.39, 0.29) is 15.8 Å². The van der Waals surface area contributed by atoms with Crippen molar-refractivity contribution in [1.82, 2.24) is 9.78 Å². The molecule has 1 heterocycles. The Morgan fingerprint density at radius 1 is 1.48 bits per heavy atom. The highest BCUT2D eigenvalue weighted by Gasteiger charge is 2.34. The number of alkyl halides is 3. The van der Waals surface area contributed by atoms with Gasteiger partial charge in [0.2, 0.25) is 0 Å². The smallest absolute Gasteiger partial charge is 0.381 e. The van der Waals surface area contributed by atoms with Crippen LogP contribution in [0.1, 0.15) is 11.1 Å². The Kier molecular flexibility index (Phi) is 5.63. The third-order valence-electron chi connectivity index (χ3n) is 3.06. The number of nitriles is 1. The lowest BCUT2D eigenvalue weighted by Gasteiger charge is -2.15. The third kappa shape index (κ3) is 4.67. The van der Waals surface area contributed by atoms with Crippen LogP contribution in [0.2, 0.25) is 0 Å². The maximum atomic E-state index is 13.0. The van der Waals surface area contributed by atoms with Crippen molar-refractivity contribution in [3.8, 4) is 6.07 Å². The van der Waals surface area contributed by atoms with Crippen molar-refractivity contribution < 1.29 is 27.5 Å². The Labute approximate surface area is 152 Å². The van der Waals surface area contributed by atoms with Gasteiger partial charge in [0.05, 0.1) is 41.8 Å². The van der Waals surface area contributed by atoms with Gasteiger partial charge < -0.3 is 10.4 Å². The minimum atomic E-state index is -4.78. The lowest BCUT2D eigenvalue weighted by atomic mass is 10.1. The van der Waals surface area contributed by atoms with Gasteiger partial charge in [0.25, 0.3) is 5.91 Å². The summed E-state index contributed by atoms with van der Waals surface area (Å²) in [5.74, 6) is -1.66. The molecule has 1 aromatic heterocycles. The van der Waals surface area contributed by atoms with Gasteiger partial charge in [-0.15, -0.1) is 0 Å². The third-order valence-corrected chi connectivity index (χ3v) is 3.95. The van der Waals surface area contributed by atoms with Gasteiger partial charge in [-0.2, -0.15) is 23.5 Å². The summed E-state index contributed by atoms with van der Waals surface area (Å²) in [7, 11) is 0. The molecule has 1 aromatic carbocycles. The van der Waals surface area contributed by atoms with E-state index in [1.807, 2.05) is 0 Å². The highest BCUT2D eigenvalue weighted by Crippen LogP contribution is 2.35. The maximum absolute atomic E-state index is 13.0. The summed E-state index contributed by atoms with van der Waals surface area (Å²) in [5, 5.41) is 24.3. The quantitative estimate of drug-likeness (QED) is 0.533. The molecule has 132 valence electrons. The van der Waals surface area contributed by atoms with Crippen LogP contribution < -0.4 is 5.32 Å². The minimum absolute atomic E-state index is 0.188. The SMILES string of the molecule is N#Cc1cc(I)c(NC(=O)[C@@H](O)Cn2cc(F)cn2)cc1C(F)(F)F. The zero-order valence-corrected chi connectivity index (χ0v) is 14.3. The van der Waals surface area contributed by atoms with Crippen molar-refractivity contribution in [2.24, 2.45) is 0 Å². The van der Waals surface area contributed by atoms with E-state index in [0.717, 1.165) is 23.1 Å². The van der Waals surface area contributed by atoms with Crippen molar-refractivity contribution >= 4 is 34.2 Å². The second-order valence-corrected chi connectivity index (χ2v) is 6.04. The van der Waals surface area contributed by atoms with Crippen LogP contribution in [0.5, 0.6) is 0 Å². The van der Waals surface area contributed by atoms with Gasteiger partial charge in [0, 0.05) is 3.57 Å².